The van der Waals surface area contributed by atoms with Crippen molar-refractivity contribution in [1.82, 2.24) is 0 Å². The lowest BCUT2D eigenvalue weighted by molar-refractivity contribution is -0.111. The molecule has 1 amide bonds. The number of nitrogens with zero attached hydrogens (tertiary/aromatic N) is 2. The molecule has 20 heavy (non-hydrogen) atoms. The Bertz CT molecular complexity index is 737. The van der Waals surface area contributed by atoms with E-state index in [1.54, 1.807) is 18.0 Å². The number of aryl methyl sites for hydroxylation is 1. The number of likely N-dealkylation sites (N-methyl/N-ethyl adjacent to an activating group) is 1. The summed E-state index contributed by atoms with van der Waals surface area (Å²) in [5.41, 5.74) is 3.93. The topological polar surface area (TPSA) is 32.7 Å². The summed E-state index contributed by atoms with van der Waals surface area (Å²) in [7, 11) is 1.76. The Labute approximate surface area is 122 Å². The third-order valence-electron chi connectivity index (χ3n) is 3.43. The van der Waals surface area contributed by atoms with Gasteiger partial charge < -0.3 is 4.90 Å². The van der Waals surface area contributed by atoms with Crippen LogP contribution in [0.25, 0.3) is 0 Å². The minimum absolute atomic E-state index is 0.0921. The number of hydrogen-bond donors (Lipinski definition) is 0. The van der Waals surface area contributed by atoms with Crippen molar-refractivity contribution >= 4 is 34.6 Å². The Morgan fingerprint density at radius 2 is 1.90 bits per heavy atom. The number of carbonyl (C=O) groups is 1. The maximum absolute atomic E-state index is 12.3. The number of amides is 1. The van der Waals surface area contributed by atoms with E-state index >= 15 is 0 Å². The van der Waals surface area contributed by atoms with E-state index in [0.717, 1.165) is 22.5 Å². The summed E-state index contributed by atoms with van der Waals surface area (Å²) in [5.74, 6) is -0.0921. The quantitative estimate of drug-likeness (QED) is 0.785. The van der Waals surface area contributed by atoms with Gasteiger partial charge in [-0.2, -0.15) is 0 Å². The number of para-hydroxylation sites is 1. The highest BCUT2D eigenvalue weighted by molar-refractivity contribution is 6.54. The Morgan fingerprint density at radius 1 is 1.15 bits per heavy atom. The third kappa shape index (κ3) is 2.00. The van der Waals surface area contributed by atoms with Gasteiger partial charge in [0, 0.05) is 17.6 Å². The normalized spacial score (nSPS) is 15.8. The molecule has 0 saturated carbocycles. The van der Waals surface area contributed by atoms with E-state index in [2.05, 4.69) is 4.99 Å². The van der Waals surface area contributed by atoms with Crippen LogP contribution in [0.1, 0.15) is 11.1 Å². The van der Waals surface area contributed by atoms with Crippen molar-refractivity contribution in [3.63, 3.8) is 0 Å². The second-order valence-electron chi connectivity index (χ2n) is 4.77. The average molecular weight is 285 g/mol. The number of rotatable bonds is 1. The largest absolute Gasteiger partial charge is 0.309 e. The molecule has 0 aromatic heterocycles. The van der Waals surface area contributed by atoms with E-state index in [9.17, 15) is 4.79 Å². The molecule has 0 atom stereocenters. The minimum Gasteiger partial charge on any atom is -0.309 e. The van der Waals surface area contributed by atoms with E-state index in [4.69, 9.17) is 11.6 Å². The smallest absolute Gasteiger partial charge is 0.277 e. The van der Waals surface area contributed by atoms with E-state index in [1.807, 2.05) is 43.3 Å². The van der Waals surface area contributed by atoms with Crippen molar-refractivity contribution < 1.29 is 4.79 Å². The monoisotopic (exact) mass is 284 g/mol. The highest BCUT2D eigenvalue weighted by Gasteiger charge is 2.30. The first kappa shape index (κ1) is 12.9. The molecule has 4 heteroatoms. The van der Waals surface area contributed by atoms with E-state index < -0.39 is 0 Å². The number of aliphatic imine (C=N–C) groups is 1. The second-order valence-corrected chi connectivity index (χ2v) is 5.21. The van der Waals surface area contributed by atoms with Gasteiger partial charge in [-0.15, -0.1) is 0 Å². The lowest BCUT2D eigenvalue weighted by Gasteiger charge is -2.07. The van der Waals surface area contributed by atoms with Gasteiger partial charge >= 0.3 is 0 Å². The van der Waals surface area contributed by atoms with E-state index in [-0.39, 0.29) is 5.91 Å². The first-order valence-corrected chi connectivity index (χ1v) is 6.68. The molecule has 100 valence electrons. The lowest BCUT2D eigenvalue weighted by atomic mass is 10.1. The Morgan fingerprint density at radius 3 is 2.70 bits per heavy atom. The summed E-state index contributed by atoms with van der Waals surface area (Å²) in [5, 5.41) is 0.613. The molecule has 1 aliphatic heterocycles. The predicted octanol–water partition coefficient (Wildman–Crippen LogP) is 3.75. The molecular weight excluding hydrogens is 272 g/mol. The Hall–Kier alpha value is -2.13. The minimum atomic E-state index is -0.0921. The summed E-state index contributed by atoms with van der Waals surface area (Å²) < 4.78 is 0. The number of halogens is 1. The van der Waals surface area contributed by atoms with Crippen LogP contribution >= 0.6 is 11.6 Å². The van der Waals surface area contributed by atoms with Gasteiger partial charge in [-0.1, -0.05) is 35.9 Å². The molecule has 2 aromatic carbocycles. The first-order valence-electron chi connectivity index (χ1n) is 6.30. The molecule has 2 aromatic rings. The Kier molecular flexibility index (Phi) is 3.07. The maximum atomic E-state index is 12.3. The molecule has 1 aliphatic rings. The number of fused-ring (bicyclic) bond motifs is 1. The fourth-order valence-electron chi connectivity index (χ4n) is 2.28. The number of benzene rings is 2. The number of anilines is 1. The van der Waals surface area contributed by atoms with Crippen molar-refractivity contribution in [2.24, 2.45) is 4.99 Å². The standard InChI is InChI=1S/C16H13ClN2O/c1-10-7-8-11(17)9-13(10)18-15-12-5-3-4-6-14(12)19(2)16(15)20/h3-9H,1-2H3. The molecule has 3 rings (SSSR count). The fraction of sp³-hybridized carbons (Fsp3) is 0.125. The van der Waals surface area contributed by atoms with E-state index in [0.29, 0.717) is 10.7 Å². The van der Waals surface area contributed by atoms with Gasteiger partial charge in [0.25, 0.3) is 5.91 Å². The molecule has 0 radical (unpaired) electrons. The van der Waals surface area contributed by atoms with Gasteiger partial charge in [-0.05, 0) is 30.7 Å². The summed E-state index contributed by atoms with van der Waals surface area (Å²) in [6, 6.07) is 13.1. The molecular formula is C16H13ClN2O. The van der Waals surface area contributed by atoms with Crippen molar-refractivity contribution in [3.05, 3.63) is 58.6 Å². The molecule has 0 aliphatic carbocycles. The number of hydrogen-bond acceptors (Lipinski definition) is 2. The van der Waals surface area contributed by atoms with Crippen LogP contribution in [-0.2, 0) is 4.79 Å². The zero-order chi connectivity index (χ0) is 14.3. The summed E-state index contributed by atoms with van der Waals surface area (Å²) >= 11 is 6.00. The lowest BCUT2D eigenvalue weighted by Crippen LogP contribution is -2.25. The van der Waals surface area contributed by atoms with Gasteiger partial charge in [-0.25, -0.2) is 4.99 Å². The molecule has 0 N–H and O–H groups in total. The first-order chi connectivity index (χ1) is 9.58. The van der Waals surface area contributed by atoms with Crippen LogP contribution in [0.5, 0.6) is 0 Å². The van der Waals surface area contributed by atoms with Gasteiger partial charge in [0.05, 0.1) is 11.4 Å². The van der Waals surface area contributed by atoms with Gasteiger partial charge in [0.1, 0.15) is 5.71 Å². The average Bonchev–Trinajstić information content (AvgIpc) is 2.68. The molecule has 3 nitrogen and oxygen atoms in total. The van der Waals surface area contributed by atoms with Gasteiger partial charge in [0.2, 0.25) is 0 Å². The van der Waals surface area contributed by atoms with Crippen LogP contribution in [0.15, 0.2) is 47.5 Å². The van der Waals surface area contributed by atoms with Crippen LogP contribution in [0.2, 0.25) is 5.02 Å². The van der Waals surface area contributed by atoms with Crippen LogP contribution in [0, 0.1) is 6.92 Å². The highest BCUT2D eigenvalue weighted by atomic mass is 35.5. The van der Waals surface area contributed by atoms with Gasteiger partial charge in [-0.3, -0.25) is 4.79 Å². The van der Waals surface area contributed by atoms with Gasteiger partial charge in [0.15, 0.2) is 0 Å². The summed E-state index contributed by atoms with van der Waals surface area (Å²) in [4.78, 5) is 18.5. The fourth-order valence-corrected chi connectivity index (χ4v) is 2.45. The molecule has 0 spiro atoms. The van der Waals surface area contributed by atoms with Crippen molar-refractivity contribution in [1.29, 1.82) is 0 Å². The van der Waals surface area contributed by atoms with Crippen molar-refractivity contribution in [2.75, 3.05) is 11.9 Å². The highest BCUT2D eigenvalue weighted by Crippen LogP contribution is 2.31. The van der Waals surface area contributed by atoms with Crippen LogP contribution < -0.4 is 4.90 Å². The molecule has 0 saturated heterocycles. The molecule has 1 heterocycles. The van der Waals surface area contributed by atoms with Crippen LogP contribution in [0.3, 0.4) is 0 Å². The maximum Gasteiger partial charge on any atom is 0.277 e. The SMILES string of the molecule is Cc1ccc(Cl)cc1N=C1C(=O)N(C)c2ccccc21. The molecule has 0 fully saturated rings. The van der Waals surface area contributed by atoms with E-state index in [1.165, 1.54) is 0 Å². The zero-order valence-electron chi connectivity index (χ0n) is 11.2. The summed E-state index contributed by atoms with van der Waals surface area (Å²) in [6.45, 7) is 1.95. The van der Waals surface area contributed by atoms with Crippen molar-refractivity contribution in [3.8, 4) is 0 Å². The number of carbonyl (C=O) groups excluding carboxylic acids is 1. The predicted molar refractivity (Wildman–Crippen MR) is 82.2 cm³/mol. The Balaban J connectivity index is 2.17. The second kappa shape index (κ2) is 4.76. The van der Waals surface area contributed by atoms with Crippen LogP contribution in [0.4, 0.5) is 11.4 Å². The van der Waals surface area contributed by atoms with Crippen LogP contribution in [-0.4, -0.2) is 18.7 Å². The summed E-state index contributed by atoms with van der Waals surface area (Å²) in [6.07, 6.45) is 0. The third-order valence-corrected chi connectivity index (χ3v) is 3.67. The molecule has 0 bridgehead atoms. The van der Waals surface area contributed by atoms with Crippen molar-refractivity contribution in [2.45, 2.75) is 6.92 Å². The zero-order valence-corrected chi connectivity index (χ0v) is 12.0. The molecule has 0 unspecified atom stereocenters.